The van der Waals surface area contributed by atoms with E-state index in [1.165, 1.54) is 109 Å². The van der Waals surface area contributed by atoms with Crippen LogP contribution < -0.4 is 5.32 Å². The highest BCUT2D eigenvalue weighted by Gasteiger charge is 2.17. The van der Waals surface area contributed by atoms with Gasteiger partial charge in [-0.1, -0.05) is 250 Å². The first kappa shape index (κ1) is 60.5. The summed E-state index contributed by atoms with van der Waals surface area (Å²) in [4.78, 5) is 12.4. The maximum absolute atomic E-state index is 12.4. The van der Waals surface area contributed by atoms with Gasteiger partial charge in [-0.05, 0) is 96.3 Å². The zero-order valence-corrected chi connectivity index (χ0v) is 41.5. The minimum atomic E-state index is -0.897. The molecule has 362 valence electrons. The van der Waals surface area contributed by atoms with Crippen molar-refractivity contribution in [1.82, 2.24) is 5.32 Å². The summed E-state index contributed by atoms with van der Waals surface area (Å²) in [6, 6.07) is -0.681. The second-order valence-electron chi connectivity index (χ2n) is 17.2. The van der Waals surface area contributed by atoms with Crippen molar-refractivity contribution in [3.63, 3.8) is 0 Å². The average Bonchev–Trinajstić information content (AvgIpc) is 3.30. The first-order valence-corrected chi connectivity index (χ1v) is 26.4. The molecule has 64 heavy (non-hydrogen) atoms. The number of unbranched alkanes of at least 4 members (excludes halogenated alkanes) is 19. The van der Waals surface area contributed by atoms with Crippen LogP contribution >= 0.6 is 0 Å². The molecule has 0 aromatic heterocycles. The quantitative estimate of drug-likeness (QED) is 0.0421. The van der Waals surface area contributed by atoms with Crippen LogP contribution in [0.1, 0.15) is 219 Å². The Morgan fingerprint density at radius 3 is 1.09 bits per heavy atom. The largest absolute Gasteiger partial charge is 0.394 e. The van der Waals surface area contributed by atoms with Gasteiger partial charge in [-0.2, -0.15) is 0 Å². The van der Waals surface area contributed by atoms with E-state index in [1.807, 2.05) is 6.08 Å². The standard InChI is InChI=1S/C60H99NO3/c1-3-5-7-9-11-13-15-17-19-21-23-25-27-28-29-30-31-32-34-36-38-40-42-44-46-48-50-52-54-56-60(64)61-58(57-62)59(63)55-53-51-49-47-45-43-41-39-37-35-33-26-24-22-20-18-16-14-12-10-8-6-4-2/h5,7,11,13,17,19,23,25,28-29,31-32,36,38,42,44-45,47-48,50,53,55,58-59,62-63H,3-4,6,8-10,12,14-16,18,20-22,24,26-27,30,33-35,37,39-41,43,46,49,51-52,54,56-57H2,1-2H3,(H,61,64)/b7-5-,13-11-,19-17-,25-23-,29-28-,32-31-,38-36-,44-42-,47-45+,50-48-,55-53+. The maximum atomic E-state index is 12.4. The predicted molar refractivity (Wildman–Crippen MR) is 285 cm³/mol. The molecule has 0 bridgehead atoms. The van der Waals surface area contributed by atoms with Crippen LogP contribution in [0.5, 0.6) is 0 Å². The number of hydrogen-bond acceptors (Lipinski definition) is 3. The van der Waals surface area contributed by atoms with Gasteiger partial charge in [0.25, 0.3) is 0 Å². The Bertz CT molecular complexity index is 1320. The van der Waals surface area contributed by atoms with Crippen LogP contribution in [0.15, 0.2) is 134 Å². The van der Waals surface area contributed by atoms with Crippen molar-refractivity contribution in [2.45, 2.75) is 231 Å². The fourth-order valence-corrected chi connectivity index (χ4v) is 7.14. The average molecular weight is 882 g/mol. The van der Waals surface area contributed by atoms with Gasteiger partial charge in [0.05, 0.1) is 18.8 Å². The molecule has 0 aliphatic rings. The number of carbonyl (C=O) groups excluding carboxylic acids is 1. The molecule has 0 aromatic rings. The van der Waals surface area contributed by atoms with Gasteiger partial charge in [-0.25, -0.2) is 0 Å². The number of amides is 1. The molecule has 0 aliphatic heterocycles. The lowest BCUT2D eigenvalue weighted by Gasteiger charge is -2.19. The Balaban J connectivity index is 3.75. The monoisotopic (exact) mass is 882 g/mol. The molecule has 0 saturated heterocycles. The molecule has 0 spiro atoms. The van der Waals surface area contributed by atoms with Gasteiger partial charge in [0.1, 0.15) is 0 Å². The third-order valence-corrected chi connectivity index (χ3v) is 11.1. The maximum Gasteiger partial charge on any atom is 0.220 e. The molecule has 3 N–H and O–H groups in total. The fourth-order valence-electron chi connectivity index (χ4n) is 7.14. The van der Waals surface area contributed by atoms with E-state index in [4.69, 9.17) is 0 Å². The van der Waals surface area contributed by atoms with Crippen molar-refractivity contribution in [3.8, 4) is 0 Å². The smallest absolute Gasteiger partial charge is 0.220 e. The van der Waals surface area contributed by atoms with Crippen molar-refractivity contribution in [2.75, 3.05) is 6.61 Å². The van der Waals surface area contributed by atoms with Gasteiger partial charge < -0.3 is 15.5 Å². The summed E-state index contributed by atoms with van der Waals surface area (Å²) < 4.78 is 0. The number of aliphatic hydroxyl groups is 2. The van der Waals surface area contributed by atoms with E-state index in [2.05, 4.69) is 141 Å². The van der Waals surface area contributed by atoms with E-state index >= 15 is 0 Å². The predicted octanol–water partition coefficient (Wildman–Crippen LogP) is 17.5. The van der Waals surface area contributed by atoms with E-state index in [9.17, 15) is 15.0 Å². The lowest BCUT2D eigenvalue weighted by Crippen LogP contribution is -2.45. The molecule has 0 radical (unpaired) electrons. The molecule has 0 rings (SSSR count). The van der Waals surface area contributed by atoms with Crippen LogP contribution in [0.25, 0.3) is 0 Å². The molecule has 2 atom stereocenters. The minimum absolute atomic E-state index is 0.136. The highest BCUT2D eigenvalue weighted by atomic mass is 16.3. The number of allylic oxidation sites excluding steroid dienone is 21. The van der Waals surface area contributed by atoms with E-state index in [0.717, 1.165) is 89.9 Å². The topological polar surface area (TPSA) is 69.6 Å². The van der Waals surface area contributed by atoms with E-state index in [-0.39, 0.29) is 12.5 Å². The number of nitrogens with one attached hydrogen (secondary N) is 1. The number of hydrogen-bond donors (Lipinski definition) is 3. The van der Waals surface area contributed by atoms with Crippen molar-refractivity contribution in [3.05, 3.63) is 134 Å². The molecular weight excluding hydrogens is 783 g/mol. The Morgan fingerprint density at radius 2 is 0.703 bits per heavy atom. The summed E-state index contributed by atoms with van der Waals surface area (Å²) in [5.41, 5.74) is 0. The van der Waals surface area contributed by atoms with Crippen LogP contribution in [-0.4, -0.2) is 34.9 Å². The third kappa shape index (κ3) is 49.5. The van der Waals surface area contributed by atoms with E-state index < -0.39 is 12.1 Å². The van der Waals surface area contributed by atoms with Crippen molar-refractivity contribution in [2.24, 2.45) is 0 Å². The van der Waals surface area contributed by atoms with Crippen LogP contribution in [0, 0.1) is 0 Å². The Kier molecular flexibility index (Phi) is 50.9. The van der Waals surface area contributed by atoms with Crippen LogP contribution in [0.4, 0.5) is 0 Å². The first-order valence-electron chi connectivity index (χ1n) is 26.4. The second kappa shape index (κ2) is 53.9. The fraction of sp³-hybridized carbons (Fsp3) is 0.617. The van der Waals surface area contributed by atoms with Gasteiger partial charge in [-0.15, -0.1) is 0 Å². The molecule has 0 aromatic carbocycles. The van der Waals surface area contributed by atoms with Gasteiger partial charge in [0.15, 0.2) is 0 Å². The summed E-state index contributed by atoms with van der Waals surface area (Å²) in [5.74, 6) is -0.136. The molecule has 0 fully saturated rings. The summed E-state index contributed by atoms with van der Waals surface area (Å²) in [7, 11) is 0. The second-order valence-corrected chi connectivity index (χ2v) is 17.2. The number of rotatable bonds is 46. The van der Waals surface area contributed by atoms with E-state index in [0.29, 0.717) is 6.42 Å². The van der Waals surface area contributed by atoms with Crippen LogP contribution in [0.3, 0.4) is 0 Å². The summed E-state index contributed by atoms with van der Waals surface area (Å²) in [5, 5.41) is 23.1. The number of carbonyl (C=O) groups is 1. The molecular formula is C60H99NO3. The highest BCUT2D eigenvalue weighted by molar-refractivity contribution is 5.76. The molecule has 0 saturated carbocycles. The van der Waals surface area contributed by atoms with Crippen LogP contribution in [-0.2, 0) is 4.79 Å². The lowest BCUT2D eigenvalue weighted by atomic mass is 10.0. The minimum Gasteiger partial charge on any atom is -0.394 e. The zero-order chi connectivity index (χ0) is 46.3. The van der Waals surface area contributed by atoms with E-state index in [1.54, 1.807) is 6.08 Å². The Labute approximate surface area is 396 Å². The summed E-state index contributed by atoms with van der Waals surface area (Å²) in [6.07, 6.45) is 84.5. The molecule has 1 amide bonds. The molecule has 2 unspecified atom stereocenters. The highest BCUT2D eigenvalue weighted by Crippen LogP contribution is 2.15. The summed E-state index contributed by atoms with van der Waals surface area (Å²) in [6.45, 7) is 4.16. The molecule has 0 aliphatic carbocycles. The SMILES string of the molecule is CC/C=C\C/C=C\C/C=C\C/C=C\C/C=C\C/C=C\C/C=C\C/C=C\C/C=C\CCCC(=O)NC(CO)C(O)/C=C/CC/C=C/CCCCCCCCCCCCCCCCCCC. The van der Waals surface area contributed by atoms with Gasteiger partial charge >= 0.3 is 0 Å². The lowest BCUT2D eigenvalue weighted by molar-refractivity contribution is -0.122. The third-order valence-electron chi connectivity index (χ3n) is 11.1. The molecule has 4 nitrogen and oxygen atoms in total. The number of aliphatic hydroxyl groups excluding tert-OH is 2. The van der Waals surface area contributed by atoms with Gasteiger partial charge in [-0.3, -0.25) is 4.79 Å². The zero-order valence-electron chi connectivity index (χ0n) is 41.5. The summed E-state index contributed by atoms with van der Waals surface area (Å²) >= 11 is 0. The van der Waals surface area contributed by atoms with Gasteiger partial charge in [0, 0.05) is 6.42 Å². The molecule has 0 heterocycles. The van der Waals surface area contributed by atoms with Crippen molar-refractivity contribution < 1.29 is 15.0 Å². The first-order chi connectivity index (χ1) is 31.7. The Hall–Kier alpha value is -3.47. The van der Waals surface area contributed by atoms with Crippen molar-refractivity contribution >= 4 is 5.91 Å². The normalized spacial score (nSPS) is 14.0. The Morgan fingerprint density at radius 1 is 0.391 bits per heavy atom. The van der Waals surface area contributed by atoms with Crippen LogP contribution in [0.2, 0.25) is 0 Å². The molecule has 4 heteroatoms. The van der Waals surface area contributed by atoms with Gasteiger partial charge in [0.2, 0.25) is 5.91 Å². The van der Waals surface area contributed by atoms with Crippen molar-refractivity contribution in [1.29, 1.82) is 0 Å².